The van der Waals surface area contributed by atoms with Crippen LogP contribution in [-0.4, -0.2) is 35.1 Å². The summed E-state index contributed by atoms with van der Waals surface area (Å²) in [5.41, 5.74) is 0.253. The van der Waals surface area contributed by atoms with Crippen LogP contribution in [0.2, 0.25) is 0 Å². The summed E-state index contributed by atoms with van der Waals surface area (Å²) in [6.07, 6.45) is 2.67. The molecule has 2 aromatic rings. The van der Waals surface area contributed by atoms with Gasteiger partial charge < -0.3 is 9.51 Å². The van der Waals surface area contributed by atoms with Crippen molar-refractivity contribution >= 4 is 21.3 Å². The molecule has 17 heavy (non-hydrogen) atoms. The van der Waals surface area contributed by atoms with E-state index >= 15 is 0 Å². The number of carboxylic acids is 1. The minimum absolute atomic E-state index is 0.135. The average Bonchev–Trinajstić information content (AvgIpc) is 2.55. The molecule has 7 heteroatoms. The van der Waals surface area contributed by atoms with Crippen LogP contribution in [0.1, 0.15) is 16.3 Å². The third-order valence-corrected chi connectivity index (χ3v) is 3.00. The number of hydrogen-bond donors (Lipinski definition) is 1. The van der Waals surface area contributed by atoms with Gasteiger partial charge in [0.15, 0.2) is 15.5 Å². The SMILES string of the molecule is CS(=O)(=O)Cc1nc(C(=O)O)c2ccccn12. The number of carbonyl (C=O) groups is 1. The molecule has 0 aliphatic heterocycles. The quantitative estimate of drug-likeness (QED) is 0.865. The van der Waals surface area contributed by atoms with E-state index < -0.39 is 15.8 Å². The lowest BCUT2D eigenvalue weighted by molar-refractivity contribution is 0.0693. The molecular weight excluding hydrogens is 244 g/mol. The highest BCUT2D eigenvalue weighted by molar-refractivity contribution is 7.89. The molecule has 6 nitrogen and oxygen atoms in total. The number of aromatic carboxylic acids is 1. The molecule has 0 bridgehead atoms. The summed E-state index contributed by atoms with van der Waals surface area (Å²) >= 11 is 0. The van der Waals surface area contributed by atoms with Gasteiger partial charge in [0.05, 0.1) is 5.52 Å². The van der Waals surface area contributed by atoms with E-state index in [0.717, 1.165) is 6.26 Å². The molecule has 2 aromatic heterocycles. The van der Waals surface area contributed by atoms with Gasteiger partial charge in [-0.15, -0.1) is 0 Å². The summed E-state index contributed by atoms with van der Waals surface area (Å²) in [5.74, 6) is -1.25. The first kappa shape index (κ1) is 11.6. The van der Waals surface area contributed by atoms with Gasteiger partial charge in [-0.05, 0) is 12.1 Å². The van der Waals surface area contributed by atoms with Crippen molar-refractivity contribution in [1.82, 2.24) is 9.38 Å². The lowest BCUT2D eigenvalue weighted by atomic mass is 10.3. The zero-order chi connectivity index (χ0) is 12.6. The second kappa shape index (κ2) is 3.85. The Balaban J connectivity index is 2.69. The highest BCUT2D eigenvalue weighted by Crippen LogP contribution is 2.14. The molecule has 0 unspecified atom stereocenters. The predicted octanol–water partition coefficient (Wildman–Crippen LogP) is 0.577. The Bertz CT molecular complexity index is 687. The van der Waals surface area contributed by atoms with E-state index in [1.54, 1.807) is 24.4 Å². The molecule has 0 radical (unpaired) electrons. The molecule has 0 saturated heterocycles. The highest BCUT2D eigenvalue weighted by Gasteiger charge is 2.18. The first-order chi connectivity index (χ1) is 7.88. The molecule has 2 heterocycles. The first-order valence-corrected chi connectivity index (χ1v) is 6.81. The summed E-state index contributed by atoms with van der Waals surface area (Å²) in [4.78, 5) is 14.8. The third kappa shape index (κ3) is 2.28. The van der Waals surface area contributed by atoms with Crippen LogP contribution in [0, 0.1) is 0 Å². The second-order valence-electron chi connectivity index (χ2n) is 3.71. The number of hydrogen-bond acceptors (Lipinski definition) is 4. The molecule has 0 aromatic carbocycles. The van der Waals surface area contributed by atoms with Gasteiger partial charge in [-0.2, -0.15) is 0 Å². The van der Waals surface area contributed by atoms with Crippen molar-refractivity contribution in [2.45, 2.75) is 5.75 Å². The van der Waals surface area contributed by atoms with E-state index in [0.29, 0.717) is 5.52 Å². The number of fused-ring (bicyclic) bond motifs is 1. The molecule has 90 valence electrons. The van der Waals surface area contributed by atoms with Crippen LogP contribution in [0.25, 0.3) is 5.52 Å². The van der Waals surface area contributed by atoms with E-state index in [2.05, 4.69) is 4.98 Å². The van der Waals surface area contributed by atoms with Crippen molar-refractivity contribution in [3.8, 4) is 0 Å². The van der Waals surface area contributed by atoms with Gasteiger partial charge in [-0.1, -0.05) is 6.07 Å². The van der Waals surface area contributed by atoms with Gasteiger partial charge in [-0.25, -0.2) is 18.2 Å². The van der Waals surface area contributed by atoms with E-state index in [4.69, 9.17) is 5.11 Å². The van der Waals surface area contributed by atoms with Gasteiger partial charge in [0.2, 0.25) is 0 Å². The van der Waals surface area contributed by atoms with Crippen molar-refractivity contribution in [3.05, 3.63) is 35.9 Å². The smallest absolute Gasteiger partial charge is 0.356 e. The molecular formula is C10H10N2O4S. The fourth-order valence-electron chi connectivity index (χ4n) is 1.60. The van der Waals surface area contributed by atoms with E-state index in [1.165, 1.54) is 4.40 Å². The summed E-state index contributed by atoms with van der Waals surface area (Å²) in [6, 6.07) is 4.95. The molecule has 0 aliphatic carbocycles. The van der Waals surface area contributed by atoms with E-state index in [1.807, 2.05) is 0 Å². The summed E-state index contributed by atoms with van der Waals surface area (Å²) in [6.45, 7) is 0. The molecule has 1 N–H and O–H groups in total. The van der Waals surface area contributed by atoms with Crippen molar-refractivity contribution in [2.75, 3.05) is 6.26 Å². The van der Waals surface area contributed by atoms with Crippen LogP contribution < -0.4 is 0 Å². The van der Waals surface area contributed by atoms with Crippen molar-refractivity contribution in [3.63, 3.8) is 0 Å². The van der Waals surface area contributed by atoms with Crippen LogP contribution in [-0.2, 0) is 15.6 Å². The van der Waals surface area contributed by atoms with Gasteiger partial charge in [0, 0.05) is 12.5 Å². The summed E-state index contributed by atoms with van der Waals surface area (Å²) < 4.78 is 23.9. The maximum absolute atomic E-state index is 11.2. The summed E-state index contributed by atoms with van der Waals surface area (Å²) in [7, 11) is -3.26. The van der Waals surface area contributed by atoms with E-state index in [9.17, 15) is 13.2 Å². The lowest BCUT2D eigenvalue weighted by Crippen LogP contribution is -2.05. The lowest BCUT2D eigenvalue weighted by Gasteiger charge is -1.98. The van der Waals surface area contributed by atoms with Crippen molar-refractivity contribution < 1.29 is 18.3 Å². The van der Waals surface area contributed by atoms with Crippen molar-refractivity contribution in [2.24, 2.45) is 0 Å². The van der Waals surface area contributed by atoms with E-state index in [-0.39, 0.29) is 17.3 Å². The molecule has 0 saturated carbocycles. The maximum Gasteiger partial charge on any atom is 0.356 e. The molecule has 2 rings (SSSR count). The Kier molecular flexibility index (Phi) is 2.62. The first-order valence-electron chi connectivity index (χ1n) is 4.75. The van der Waals surface area contributed by atoms with Crippen LogP contribution in [0.4, 0.5) is 0 Å². The Hall–Kier alpha value is -1.89. The van der Waals surface area contributed by atoms with Gasteiger partial charge in [0.1, 0.15) is 11.6 Å². The second-order valence-corrected chi connectivity index (χ2v) is 5.85. The number of aromatic nitrogens is 2. The Morgan fingerprint density at radius 3 is 2.76 bits per heavy atom. The highest BCUT2D eigenvalue weighted by atomic mass is 32.2. The number of carboxylic acid groups (broad SMARTS) is 1. The largest absolute Gasteiger partial charge is 0.476 e. The van der Waals surface area contributed by atoms with Crippen LogP contribution >= 0.6 is 0 Å². The Morgan fingerprint density at radius 2 is 2.18 bits per heavy atom. The molecule has 0 spiro atoms. The van der Waals surface area contributed by atoms with Gasteiger partial charge in [-0.3, -0.25) is 0 Å². The number of pyridine rings is 1. The number of sulfone groups is 1. The minimum atomic E-state index is -3.26. The van der Waals surface area contributed by atoms with Crippen molar-refractivity contribution in [1.29, 1.82) is 0 Å². The monoisotopic (exact) mass is 254 g/mol. The fourth-order valence-corrected chi connectivity index (χ4v) is 2.27. The number of nitrogens with zero attached hydrogens (tertiary/aromatic N) is 2. The average molecular weight is 254 g/mol. The normalized spacial score (nSPS) is 11.8. The van der Waals surface area contributed by atoms with Crippen LogP contribution in [0.15, 0.2) is 24.4 Å². The van der Waals surface area contributed by atoms with Gasteiger partial charge in [0.25, 0.3) is 0 Å². The van der Waals surface area contributed by atoms with Crippen LogP contribution in [0.5, 0.6) is 0 Å². The Labute approximate surface area is 97.4 Å². The zero-order valence-electron chi connectivity index (χ0n) is 8.99. The van der Waals surface area contributed by atoms with Crippen LogP contribution in [0.3, 0.4) is 0 Å². The molecule has 0 aliphatic rings. The zero-order valence-corrected chi connectivity index (χ0v) is 9.81. The summed E-state index contributed by atoms with van der Waals surface area (Å²) in [5, 5.41) is 8.97. The fraction of sp³-hybridized carbons (Fsp3) is 0.200. The number of rotatable bonds is 3. The standard InChI is InChI=1S/C10H10N2O4S/c1-17(15,16)6-8-11-9(10(13)14)7-4-2-3-5-12(7)8/h2-5H,6H2,1H3,(H,13,14). The minimum Gasteiger partial charge on any atom is -0.476 e. The topological polar surface area (TPSA) is 88.7 Å². The Morgan fingerprint density at radius 1 is 1.47 bits per heavy atom. The molecule has 0 atom stereocenters. The molecule has 0 amide bonds. The predicted molar refractivity (Wildman–Crippen MR) is 60.7 cm³/mol. The third-order valence-electron chi connectivity index (χ3n) is 2.22. The van der Waals surface area contributed by atoms with Gasteiger partial charge >= 0.3 is 5.97 Å². The maximum atomic E-state index is 11.2. The number of imidazole rings is 1. The molecule has 0 fully saturated rings.